The van der Waals surface area contributed by atoms with Crippen molar-refractivity contribution in [1.29, 1.82) is 0 Å². The summed E-state index contributed by atoms with van der Waals surface area (Å²) in [5.74, 6) is -1.06. The van der Waals surface area contributed by atoms with E-state index in [0.717, 1.165) is 29.5 Å². The fourth-order valence-electron chi connectivity index (χ4n) is 4.61. The summed E-state index contributed by atoms with van der Waals surface area (Å²) in [5, 5.41) is 11.4. The summed E-state index contributed by atoms with van der Waals surface area (Å²) in [4.78, 5) is 28.5. The second-order valence-corrected chi connectivity index (χ2v) is 10.4. The first-order valence-electron chi connectivity index (χ1n) is 12.9. The number of para-hydroxylation sites is 2. The van der Waals surface area contributed by atoms with Crippen molar-refractivity contribution in [3.05, 3.63) is 101 Å². The van der Waals surface area contributed by atoms with E-state index in [9.17, 15) is 14.7 Å². The molecule has 1 fully saturated rings. The Bertz CT molecular complexity index is 1310. The molecule has 0 aromatic heterocycles. The van der Waals surface area contributed by atoms with E-state index in [2.05, 4.69) is 27.7 Å². The van der Waals surface area contributed by atoms with Crippen molar-refractivity contribution in [3.8, 4) is 5.75 Å². The number of rotatable bonds is 7. The smallest absolute Gasteiger partial charge is 0.300 e. The molecule has 192 valence electrons. The maximum Gasteiger partial charge on any atom is 0.300 e. The number of amides is 1. The number of Topliss-reactive ketones (excluding diaryl/α,β-unsaturated/α-hetero) is 1. The van der Waals surface area contributed by atoms with Gasteiger partial charge in [0.15, 0.2) is 0 Å². The zero-order chi connectivity index (χ0) is 26.7. The zero-order valence-corrected chi connectivity index (χ0v) is 22.2. The van der Waals surface area contributed by atoms with Crippen LogP contribution in [-0.4, -0.2) is 23.4 Å². The molecule has 1 saturated heterocycles. The maximum atomic E-state index is 13.6. The lowest BCUT2D eigenvalue weighted by molar-refractivity contribution is -0.132. The SMILES string of the molecule is CCCOc1ccccc1N1C(=O)C(=O)/C(=C(\O)c2ccc(CC)cc2)C1c1ccc(C(C)(C)C)cc1. The molecule has 3 aromatic carbocycles. The van der Waals surface area contributed by atoms with Gasteiger partial charge in [-0.15, -0.1) is 0 Å². The van der Waals surface area contributed by atoms with Crippen LogP contribution in [0.5, 0.6) is 5.75 Å². The summed E-state index contributed by atoms with van der Waals surface area (Å²) in [5.41, 5.74) is 4.02. The highest BCUT2D eigenvalue weighted by atomic mass is 16.5. The number of aliphatic hydroxyl groups is 1. The van der Waals surface area contributed by atoms with Gasteiger partial charge < -0.3 is 9.84 Å². The van der Waals surface area contributed by atoms with Crippen LogP contribution in [0, 0.1) is 0 Å². The lowest BCUT2D eigenvalue weighted by Crippen LogP contribution is -2.30. The highest BCUT2D eigenvalue weighted by Crippen LogP contribution is 2.45. The number of ketones is 1. The van der Waals surface area contributed by atoms with Crippen LogP contribution in [0.15, 0.2) is 78.4 Å². The van der Waals surface area contributed by atoms with Gasteiger partial charge in [0, 0.05) is 5.56 Å². The van der Waals surface area contributed by atoms with E-state index in [1.54, 1.807) is 24.3 Å². The number of carbonyl (C=O) groups excluding carboxylic acids is 2. The molecule has 1 unspecified atom stereocenters. The van der Waals surface area contributed by atoms with Gasteiger partial charge in [-0.2, -0.15) is 0 Å². The van der Waals surface area contributed by atoms with Crippen molar-refractivity contribution in [2.45, 2.75) is 58.9 Å². The van der Waals surface area contributed by atoms with Crippen LogP contribution in [0.3, 0.4) is 0 Å². The zero-order valence-electron chi connectivity index (χ0n) is 22.2. The van der Waals surface area contributed by atoms with Crippen molar-refractivity contribution < 1.29 is 19.4 Å². The van der Waals surface area contributed by atoms with Gasteiger partial charge in [0.2, 0.25) is 0 Å². The van der Waals surface area contributed by atoms with Crippen molar-refractivity contribution in [1.82, 2.24) is 0 Å². The van der Waals surface area contributed by atoms with Gasteiger partial charge in [0.05, 0.1) is 23.9 Å². The summed E-state index contributed by atoms with van der Waals surface area (Å²) in [6, 6.07) is 21.8. The average molecular weight is 498 g/mol. The van der Waals surface area contributed by atoms with Gasteiger partial charge in [0.25, 0.3) is 11.7 Å². The summed E-state index contributed by atoms with van der Waals surface area (Å²) in [7, 11) is 0. The van der Waals surface area contributed by atoms with Gasteiger partial charge in [0.1, 0.15) is 11.5 Å². The van der Waals surface area contributed by atoms with E-state index in [4.69, 9.17) is 4.74 Å². The van der Waals surface area contributed by atoms with Crippen molar-refractivity contribution in [2.75, 3.05) is 11.5 Å². The van der Waals surface area contributed by atoms with E-state index in [0.29, 0.717) is 23.6 Å². The molecular weight excluding hydrogens is 462 g/mol. The van der Waals surface area contributed by atoms with Gasteiger partial charge in [-0.25, -0.2) is 0 Å². The molecule has 3 aromatic rings. The standard InChI is InChI=1S/C32H35NO4/c1-6-20-37-26-11-9-8-10-25(26)33-28(22-16-18-24(19-17-22)32(3,4)5)27(30(35)31(33)36)29(34)23-14-12-21(7-2)13-15-23/h8-19,28,34H,6-7,20H2,1-5H3/b29-27-. The minimum absolute atomic E-state index is 0.0536. The Labute approximate surface area is 219 Å². The third kappa shape index (κ3) is 5.17. The monoisotopic (exact) mass is 497 g/mol. The Hall–Kier alpha value is -3.86. The van der Waals surface area contributed by atoms with E-state index in [1.807, 2.05) is 55.5 Å². The van der Waals surface area contributed by atoms with Crippen LogP contribution in [-0.2, 0) is 21.4 Å². The lowest BCUT2D eigenvalue weighted by atomic mass is 9.85. The highest BCUT2D eigenvalue weighted by molar-refractivity contribution is 6.51. The fraction of sp³-hybridized carbons (Fsp3) is 0.312. The molecule has 37 heavy (non-hydrogen) atoms. The molecule has 0 spiro atoms. The number of aliphatic hydroxyl groups excluding tert-OH is 1. The van der Waals surface area contributed by atoms with E-state index in [-0.39, 0.29) is 16.7 Å². The number of ether oxygens (including phenoxy) is 1. The van der Waals surface area contributed by atoms with Crippen LogP contribution in [0.4, 0.5) is 5.69 Å². The predicted octanol–water partition coefficient (Wildman–Crippen LogP) is 6.96. The lowest BCUT2D eigenvalue weighted by Gasteiger charge is -2.28. The van der Waals surface area contributed by atoms with Crippen molar-refractivity contribution >= 4 is 23.1 Å². The Morgan fingerprint density at radius 1 is 0.919 bits per heavy atom. The minimum atomic E-state index is -0.800. The van der Waals surface area contributed by atoms with Gasteiger partial charge in [-0.3, -0.25) is 14.5 Å². The summed E-state index contributed by atoms with van der Waals surface area (Å²) in [6.45, 7) is 10.9. The van der Waals surface area contributed by atoms with Gasteiger partial charge in [-0.1, -0.05) is 95.3 Å². The van der Waals surface area contributed by atoms with Gasteiger partial charge >= 0.3 is 0 Å². The van der Waals surface area contributed by atoms with Crippen LogP contribution in [0.1, 0.15) is 69.3 Å². The van der Waals surface area contributed by atoms with E-state index >= 15 is 0 Å². The third-order valence-electron chi connectivity index (χ3n) is 6.76. The molecule has 5 nitrogen and oxygen atoms in total. The summed E-state index contributed by atoms with van der Waals surface area (Å²) < 4.78 is 5.95. The van der Waals surface area contributed by atoms with E-state index < -0.39 is 17.7 Å². The van der Waals surface area contributed by atoms with Crippen LogP contribution < -0.4 is 9.64 Å². The molecule has 1 aliphatic heterocycles. The molecule has 1 heterocycles. The molecule has 1 aliphatic rings. The first-order chi connectivity index (χ1) is 17.7. The Kier molecular flexibility index (Phi) is 7.53. The quantitative estimate of drug-likeness (QED) is 0.218. The fourth-order valence-corrected chi connectivity index (χ4v) is 4.61. The minimum Gasteiger partial charge on any atom is -0.507 e. The average Bonchev–Trinajstić information content (AvgIpc) is 3.16. The molecule has 0 radical (unpaired) electrons. The number of hydrogen-bond donors (Lipinski definition) is 1. The van der Waals surface area contributed by atoms with Crippen molar-refractivity contribution in [3.63, 3.8) is 0 Å². The van der Waals surface area contributed by atoms with Crippen molar-refractivity contribution in [2.24, 2.45) is 0 Å². The molecule has 1 N–H and O–H groups in total. The molecule has 4 rings (SSSR count). The van der Waals surface area contributed by atoms with E-state index in [1.165, 1.54) is 4.90 Å². The Balaban J connectivity index is 1.92. The molecule has 1 amide bonds. The summed E-state index contributed by atoms with van der Waals surface area (Å²) >= 11 is 0. The largest absolute Gasteiger partial charge is 0.507 e. The third-order valence-corrected chi connectivity index (χ3v) is 6.76. The number of hydrogen-bond acceptors (Lipinski definition) is 4. The summed E-state index contributed by atoms with van der Waals surface area (Å²) in [6.07, 6.45) is 1.67. The second kappa shape index (κ2) is 10.6. The number of carbonyl (C=O) groups is 2. The molecule has 0 saturated carbocycles. The second-order valence-electron chi connectivity index (χ2n) is 10.4. The highest BCUT2D eigenvalue weighted by Gasteiger charge is 2.47. The Morgan fingerprint density at radius 3 is 2.16 bits per heavy atom. The normalized spacial score (nSPS) is 17.3. The molecular formula is C32H35NO4. The van der Waals surface area contributed by atoms with Crippen LogP contribution in [0.2, 0.25) is 0 Å². The molecule has 1 atom stereocenters. The number of anilines is 1. The number of nitrogens with zero attached hydrogens (tertiary/aromatic N) is 1. The van der Waals surface area contributed by atoms with Crippen LogP contribution >= 0.6 is 0 Å². The molecule has 0 bridgehead atoms. The molecule has 0 aliphatic carbocycles. The maximum absolute atomic E-state index is 13.6. The predicted molar refractivity (Wildman–Crippen MR) is 148 cm³/mol. The molecule has 5 heteroatoms. The first-order valence-corrected chi connectivity index (χ1v) is 12.9. The number of aryl methyl sites for hydroxylation is 1. The number of benzene rings is 3. The Morgan fingerprint density at radius 2 is 1.57 bits per heavy atom. The first kappa shape index (κ1) is 26.2. The van der Waals surface area contributed by atoms with Gasteiger partial charge in [-0.05, 0) is 47.1 Å². The van der Waals surface area contributed by atoms with Crippen LogP contribution in [0.25, 0.3) is 5.76 Å². The topological polar surface area (TPSA) is 66.8 Å².